The summed E-state index contributed by atoms with van der Waals surface area (Å²) in [5.41, 5.74) is 6.60. The molecule has 0 radical (unpaired) electrons. The molecule has 0 bridgehead atoms. The highest BCUT2D eigenvalue weighted by Gasteiger charge is 2.38. The topological polar surface area (TPSA) is 53.4 Å². The first-order valence-electron chi connectivity index (χ1n) is 12.2. The van der Waals surface area contributed by atoms with Crippen molar-refractivity contribution < 1.29 is 4.79 Å². The molecular weight excluding hydrogens is 434 g/mol. The Morgan fingerprint density at radius 1 is 1.00 bits per heavy atom. The monoisotopic (exact) mass is 467 g/mol. The van der Waals surface area contributed by atoms with E-state index in [1.165, 1.54) is 30.0 Å². The molecule has 6 nitrogen and oxygen atoms in total. The molecule has 1 N–H and O–H groups in total. The van der Waals surface area contributed by atoms with Crippen LogP contribution in [-0.4, -0.2) is 50.3 Å². The van der Waals surface area contributed by atoms with Crippen LogP contribution in [0.5, 0.6) is 0 Å². The van der Waals surface area contributed by atoms with E-state index in [0.717, 1.165) is 41.2 Å². The van der Waals surface area contributed by atoms with Gasteiger partial charge < -0.3 is 15.1 Å². The van der Waals surface area contributed by atoms with Crippen LogP contribution >= 0.6 is 0 Å². The largest absolute Gasteiger partial charge is 0.378 e. The number of benzene rings is 2. The fraction of sp³-hybridized carbons (Fsp3) is 0.310. The molecule has 35 heavy (non-hydrogen) atoms. The predicted molar refractivity (Wildman–Crippen MR) is 145 cm³/mol. The number of aromatic nitrogens is 2. The third-order valence-electron chi connectivity index (χ3n) is 7.01. The Hall–Kier alpha value is -3.80. The summed E-state index contributed by atoms with van der Waals surface area (Å²) in [4.78, 5) is 15.4. The minimum absolute atomic E-state index is 0.380. The molecule has 0 spiro atoms. The lowest BCUT2D eigenvalue weighted by atomic mass is 9.68. The summed E-state index contributed by atoms with van der Waals surface area (Å²) in [6, 6.07) is 18.0. The molecule has 0 amide bonds. The number of anilines is 3. The van der Waals surface area contributed by atoms with Crippen LogP contribution in [0, 0.1) is 0 Å². The first kappa shape index (κ1) is 23.0. The number of rotatable bonds is 8. The number of carbonyl (C=O) groups is 1. The van der Waals surface area contributed by atoms with Gasteiger partial charge in [-0.05, 0) is 54.3 Å². The number of nitrogens with zero attached hydrogens (tertiary/aromatic N) is 4. The predicted octanol–water partition coefficient (Wildman–Crippen LogP) is 4.81. The van der Waals surface area contributed by atoms with Crippen molar-refractivity contribution in [2.75, 3.05) is 43.3 Å². The van der Waals surface area contributed by atoms with Crippen LogP contribution in [0.25, 0.3) is 12.3 Å². The average Bonchev–Trinajstić information content (AvgIpc) is 3.63. The van der Waals surface area contributed by atoms with Gasteiger partial charge in [0.2, 0.25) is 0 Å². The standard InChI is InChI=1S/C29H33N5O/c1-32(2)24-10-5-8-21(18-24)29(22-9-6-11-25(19-22)33(3)4)15-14-26-27(20-29)34(16-7-17-35)31-28(26)30-23-12-13-23/h5-11,14-19,23H,12-13,20H2,1-4H3,(H,30,31). The maximum Gasteiger partial charge on any atom is 0.156 e. The second kappa shape index (κ2) is 9.10. The lowest BCUT2D eigenvalue weighted by Gasteiger charge is -2.36. The SMILES string of the molecule is CN(C)c1cccc(C2(c3cccc(N(C)C)c3)C=Cc3c(NC4CC4)nn(C=CC=O)c3C2)c1. The van der Waals surface area contributed by atoms with E-state index in [1.807, 2.05) is 4.68 Å². The zero-order valence-corrected chi connectivity index (χ0v) is 20.9. The van der Waals surface area contributed by atoms with Gasteiger partial charge in [-0.25, -0.2) is 4.68 Å². The minimum atomic E-state index is -0.380. The zero-order valence-electron chi connectivity index (χ0n) is 20.9. The second-order valence-electron chi connectivity index (χ2n) is 9.92. The number of carbonyl (C=O) groups excluding carboxylic acids is 1. The van der Waals surface area contributed by atoms with Crippen molar-refractivity contribution in [2.45, 2.75) is 30.7 Å². The van der Waals surface area contributed by atoms with Crippen molar-refractivity contribution in [3.63, 3.8) is 0 Å². The van der Waals surface area contributed by atoms with Gasteiger partial charge in [-0.1, -0.05) is 36.4 Å². The van der Waals surface area contributed by atoms with E-state index in [9.17, 15) is 4.79 Å². The van der Waals surface area contributed by atoms with Gasteiger partial charge in [0.25, 0.3) is 0 Å². The molecule has 3 aromatic rings. The molecule has 0 aliphatic heterocycles. The summed E-state index contributed by atoms with van der Waals surface area (Å²) >= 11 is 0. The molecule has 2 aliphatic rings. The van der Waals surface area contributed by atoms with Crippen LogP contribution in [-0.2, 0) is 16.6 Å². The first-order chi connectivity index (χ1) is 16.9. The molecule has 1 heterocycles. The van der Waals surface area contributed by atoms with Crippen molar-refractivity contribution in [1.82, 2.24) is 9.78 Å². The Bertz CT molecular complexity index is 1240. The second-order valence-corrected chi connectivity index (χ2v) is 9.92. The Morgan fingerprint density at radius 2 is 1.63 bits per heavy atom. The summed E-state index contributed by atoms with van der Waals surface area (Å²) in [6.07, 6.45) is 11.7. The van der Waals surface area contributed by atoms with E-state index in [-0.39, 0.29) is 5.41 Å². The van der Waals surface area contributed by atoms with Crippen LogP contribution in [0.15, 0.2) is 60.7 Å². The molecule has 2 aliphatic carbocycles. The highest BCUT2D eigenvalue weighted by molar-refractivity contribution is 5.75. The van der Waals surface area contributed by atoms with Gasteiger partial charge in [0, 0.05) is 69.2 Å². The summed E-state index contributed by atoms with van der Waals surface area (Å²) in [5.74, 6) is 0.895. The highest BCUT2D eigenvalue weighted by atomic mass is 16.1. The van der Waals surface area contributed by atoms with Crippen LogP contribution < -0.4 is 15.1 Å². The fourth-order valence-corrected chi connectivity index (χ4v) is 4.84. The highest BCUT2D eigenvalue weighted by Crippen LogP contribution is 2.45. The van der Waals surface area contributed by atoms with Crippen molar-refractivity contribution >= 4 is 35.8 Å². The van der Waals surface area contributed by atoms with Gasteiger partial charge in [-0.3, -0.25) is 4.79 Å². The Labute approximate surface area is 207 Å². The minimum Gasteiger partial charge on any atom is -0.378 e. The summed E-state index contributed by atoms with van der Waals surface area (Å²) < 4.78 is 1.87. The van der Waals surface area contributed by atoms with Crippen LogP contribution in [0.2, 0.25) is 0 Å². The maximum atomic E-state index is 11.1. The van der Waals surface area contributed by atoms with Gasteiger partial charge in [0.1, 0.15) is 6.29 Å². The lowest BCUT2D eigenvalue weighted by molar-refractivity contribution is -0.104. The number of hydrogen-bond acceptors (Lipinski definition) is 5. The third-order valence-corrected chi connectivity index (χ3v) is 7.01. The van der Waals surface area contributed by atoms with Crippen LogP contribution in [0.4, 0.5) is 17.2 Å². The molecule has 180 valence electrons. The summed E-state index contributed by atoms with van der Waals surface area (Å²) in [5, 5.41) is 8.42. The van der Waals surface area contributed by atoms with Gasteiger partial charge in [-0.15, -0.1) is 0 Å². The summed E-state index contributed by atoms with van der Waals surface area (Å²) in [7, 11) is 8.29. The summed E-state index contributed by atoms with van der Waals surface area (Å²) in [6.45, 7) is 0. The normalized spacial score (nSPS) is 16.2. The first-order valence-corrected chi connectivity index (χ1v) is 12.2. The van der Waals surface area contributed by atoms with E-state index in [2.05, 4.69) is 104 Å². The molecule has 1 fully saturated rings. The van der Waals surface area contributed by atoms with Gasteiger partial charge in [0.15, 0.2) is 5.82 Å². The molecule has 5 rings (SSSR count). The van der Waals surface area contributed by atoms with Crippen molar-refractivity contribution in [2.24, 2.45) is 0 Å². The fourth-order valence-electron chi connectivity index (χ4n) is 4.84. The van der Waals surface area contributed by atoms with E-state index in [4.69, 9.17) is 5.10 Å². The number of hydrogen-bond donors (Lipinski definition) is 1. The number of nitrogens with one attached hydrogen (secondary N) is 1. The molecule has 0 saturated heterocycles. The molecule has 0 atom stereocenters. The van der Waals surface area contributed by atoms with Gasteiger partial charge >= 0.3 is 0 Å². The Kier molecular flexibility index (Phi) is 5.97. The van der Waals surface area contributed by atoms with E-state index >= 15 is 0 Å². The number of allylic oxidation sites excluding steroid dienone is 2. The lowest BCUT2D eigenvalue weighted by Crippen LogP contribution is -2.32. The van der Waals surface area contributed by atoms with Gasteiger partial charge in [-0.2, -0.15) is 5.10 Å². The van der Waals surface area contributed by atoms with E-state index in [0.29, 0.717) is 6.04 Å². The molecule has 1 aromatic heterocycles. The molecule has 6 heteroatoms. The molecular formula is C29H33N5O. The number of aldehydes is 1. The smallest absolute Gasteiger partial charge is 0.156 e. The van der Waals surface area contributed by atoms with Crippen LogP contribution in [0.1, 0.15) is 35.2 Å². The Balaban J connectivity index is 1.70. The van der Waals surface area contributed by atoms with E-state index in [1.54, 1.807) is 6.20 Å². The van der Waals surface area contributed by atoms with E-state index < -0.39 is 0 Å². The molecule has 2 aromatic carbocycles. The average molecular weight is 468 g/mol. The van der Waals surface area contributed by atoms with Crippen molar-refractivity contribution in [3.8, 4) is 0 Å². The number of fused-ring (bicyclic) bond motifs is 1. The van der Waals surface area contributed by atoms with Crippen molar-refractivity contribution in [3.05, 3.63) is 83.1 Å². The van der Waals surface area contributed by atoms with Crippen LogP contribution in [0.3, 0.4) is 0 Å². The maximum absolute atomic E-state index is 11.1. The Morgan fingerprint density at radius 3 is 2.17 bits per heavy atom. The van der Waals surface area contributed by atoms with Gasteiger partial charge in [0.05, 0.1) is 5.69 Å². The van der Waals surface area contributed by atoms with Crippen molar-refractivity contribution in [1.29, 1.82) is 0 Å². The molecule has 0 unspecified atom stereocenters. The molecule has 1 saturated carbocycles. The quantitative estimate of drug-likeness (QED) is 0.380. The third kappa shape index (κ3) is 4.36. The zero-order chi connectivity index (χ0) is 24.6.